The van der Waals surface area contributed by atoms with Crippen LogP contribution in [0.3, 0.4) is 0 Å². The van der Waals surface area contributed by atoms with Crippen molar-refractivity contribution in [2.24, 2.45) is 5.73 Å². The topological polar surface area (TPSA) is 145 Å². The van der Waals surface area contributed by atoms with Crippen LogP contribution in [0.15, 0.2) is 12.7 Å². The lowest BCUT2D eigenvalue weighted by molar-refractivity contribution is -0.155. The highest BCUT2D eigenvalue weighted by Gasteiger charge is 2.18. The second-order valence-corrected chi connectivity index (χ2v) is 9.68. The van der Waals surface area contributed by atoms with E-state index in [0.717, 1.165) is 21.3 Å². The van der Waals surface area contributed by atoms with Gasteiger partial charge in [-0.15, -0.1) is 15.2 Å². The molecule has 0 radical (unpaired) electrons. The van der Waals surface area contributed by atoms with Gasteiger partial charge in [-0.1, -0.05) is 6.08 Å². The molecule has 0 aliphatic carbocycles. The van der Waals surface area contributed by atoms with E-state index >= 15 is 0 Å². The van der Waals surface area contributed by atoms with Gasteiger partial charge in [0.25, 0.3) is 0 Å². The molecular formula is C23H43N2O9PS. The van der Waals surface area contributed by atoms with Crippen LogP contribution in [-0.2, 0) is 42.8 Å². The molecule has 0 rings (SSSR count). The average Bonchev–Trinajstić information content (AvgIpc) is 2.84. The standard InChI is InChI=1S/C23H43N2O9PS/c1-4-5-22(27)34-20(16-33-19(2)26)17-36-18-21(24)23(28)25-6-7-29-8-9-30-10-11-31-12-13-32-14-15-35-3/h4,20-21,35H,1,5-18,24H2,2-3H3,(H,25,28). The van der Waals surface area contributed by atoms with Crippen molar-refractivity contribution in [3.05, 3.63) is 12.7 Å². The minimum absolute atomic E-state index is 0.0566. The Balaban J connectivity index is 3.74. The molecule has 0 aromatic carbocycles. The first kappa shape index (κ1) is 34.7. The highest BCUT2D eigenvalue weighted by atomic mass is 32.2. The van der Waals surface area contributed by atoms with Crippen molar-refractivity contribution in [1.29, 1.82) is 0 Å². The van der Waals surface area contributed by atoms with Crippen molar-refractivity contribution in [1.82, 2.24) is 5.32 Å². The largest absolute Gasteiger partial charge is 0.462 e. The van der Waals surface area contributed by atoms with Crippen molar-refractivity contribution >= 4 is 38.2 Å². The van der Waals surface area contributed by atoms with Gasteiger partial charge in [-0.05, 0) is 12.8 Å². The summed E-state index contributed by atoms with van der Waals surface area (Å²) < 4.78 is 31.8. The summed E-state index contributed by atoms with van der Waals surface area (Å²) in [4.78, 5) is 34.8. The Morgan fingerprint density at radius 1 is 0.972 bits per heavy atom. The Bertz CT molecular complexity index is 602. The molecule has 0 saturated heterocycles. The third kappa shape index (κ3) is 23.1. The number of amides is 1. The SMILES string of the molecule is C=CCC(=O)OC(COC(C)=O)CSCC(N)C(=O)NCCOCCOCCOCCOCCPC. The summed E-state index contributed by atoms with van der Waals surface area (Å²) in [6.07, 6.45) is 1.95. The number of nitrogens with two attached hydrogens (primary N) is 1. The Hall–Kier alpha value is -1.27. The van der Waals surface area contributed by atoms with Crippen LogP contribution in [0.5, 0.6) is 0 Å². The Labute approximate surface area is 220 Å². The fourth-order valence-electron chi connectivity index (χ4n) is 2.39. The number of nitrogens with one attached hydrogen (secondary N) is 1. The van der Waals surface area contributed by atoms with E-state index in [1.807, 2.05) is 0 Å². The minimum atomic E-state index is -0.742. The van der Waals surface area contributed by atoms with Crippen LogP contribution in [0.2, 0.25) is 0 Å². The van der Waals surface area contributed by atoms with Gasteiger partial charge in [0.05, 0.1) is 65.3 Å². The molecule has 0 fully saturated rings. The molecule has 0 saturated carbocycles. The third-order valence-corrected chi connectivity index (χ3v) is 6.08. The monoisotopic (exact) mass is 554 g/mol. The summed E-state index contributed by atoms with van der Waals surface area (Å²) in [7, 11) is 0.912. The van der Waals surface area contributed by atoms with Crippen LogP contribution in [0.25, 0.3) is 0 Å². The van der Waals surface area contributed by atoms with Crippen molar-refractivity contribution < 1.29 is 42.8 Å². The zero-order valence-corrected chi connectivity index (χ0v) is 23.3. The van der Waals surface area contributed by atoms with Gasteiger partial charge >= 0.3 is 11.9 Å². The maximum atomic E-state index is 12.1. The number of rotatable bonds is 25. The van der Waals surface area contributed by atoms with Gasteiger partial charge < -0.3 is 39.5 Å². The predicted molar refractivity (Wildman–Crippen MR) is 142 cm³/mol. The van der Waals surface area contributed by atoms with Crippen LogP contribution < -0.4 is 11.1 Å². The lowest BCUT2D eigenvalue weighted by atomic mass is 10.3. The Morgan fingerprint density at radius 3 is 2.11 bits per heavy atom. The summed E-state index contributed by atoms with van der Waals surface area (Å²) in [6, 6.07) is -0.742. The molecule has 0 aromatic heterocycles. The van der Waals surface area contributed by atoms with E-state index in [1.165, 1.54) is 24.8 Å². The molecule has 13 heteroatoms. The summed E-state index contributed by atoms with van der Waals surface area (Å²) in [5, 5.41) is 2.71. The molecule has 210 valence electrons. The van der Waals surface area contributed by atoms with E-state index in [1.54, 1.807) is 0 Å². The lowest BCUT2D eigenvalue weighted by Crippen LogP contribution is -2.43. The summed E-state index contributed by atoms with van der Waals surface area (Å²) >= 11 is 1.33. The van der Waals surface area contributed by atoms with Gasteiger partial charge in [0, 0.05) is 25.0 Å². The van der Waals surface area contributed by atoms with Crippen LogP contribution in [-0.4, -0.2) is 120 Å². The van der Waals surface area contributed by atoms with Crippen molar-refractivity contribution in [2.75, 3.05) is 90.3 Å². The zero-order chi connectivity index (χ0) is 26.9. The molecule has 36 heavy (non-hydrogen) atoms. The van der Waals surface area contributed by atoms with E-state index in [0.29, 0.717) is 64.3 Å². The molecular weight excluding hydrogens is 511 g/mol. The number of thioether (sulfide) groups is 1. The second-order valence-electron chi connectivity index (χ2n) is 7.40. The molecule has 11 nitrogen and oxygen atoms in total. The van der Waals surface area contributed by atoms with Gasteiger partial charge in [-0.25, -0.2) is 0 Å². The molecule has 0 spiro atoms. The number of carbonyl (C=O) groups excluding carboxylic acids is 3. The summed E-state index contributed by atoms with van der Waals surface area (Å²) in [5.74, 6) is -0.601. The van der Waals surface area contributed by atoms with E-state index in [9.17, 15) is 14.4 Å². The first-order chi connectivity index (χ1) is 17.4. The van der Waals surface area contributed by atoms with E-state index in [-0.39, 0.29) is 18.9 Å². The first-order valence-corrected chi connectivity index (χ1v) is 14.8. The summed E-state index contributed by atoms with van der Waals surface area (Å²) in [6.45, 7) is 11.3. The van der Waals surface area contributed by atoms with E-state index < -0.39 is 24.1 Å². The molecule has 0 aliphatic rings. The molecule has 3 unspecified atom stereocenters. The maximum absolute atomic E-state index is 12.1. The van der Waals surface area contributed by atoms with Crippen LogP contribution in [0.4, 0.5) is 0 Å². The minimum Gasteiger partial charge on any atom is -0.462 e. The van der Waals surface area contributed by atoms with Gasteiger partial charge in [0.15, 0.2) is 0 Å². The smallest absolute Gasteiger partial charge is 0.310 e. The first-order valence-electron chi connectivity index (χ1n) is 11.9. The molecule has 3 N–H and O–H groups in total. The fraction of sp³-hybridized carbons (Fsp3) is 0.783. The number of hydrogen-bond donors (Lipinski definition) is 2. The van der Waals surface area contributed by atoms with Crippen molar-refractivity contribution in [2.45, 2.75) is 25.5 Å². The van der Waals surface area contributed by atoms with Crippen LogP contribution in [0.1, 0.15) is 13.3 Å². The van der Waals surface area contributed by atoms with E-state index in [2.05, 4.69) is 18.6 Å². The lowest BCUT2D eigenvalue weighted by Gasteiger charge is -2.18. The van der Waals surface area contributed by atoms with Crippen LogP contribution >= 0.6 is 20.3 Å². The Kier molecular flexibility index (Phi) is 24.5. The molecule has 0 aromatic rings. The number of carbonyl (C=O) groups is 3. The normalized spacial score (nSPS) is 12.9. The van der Waals surface area contributed by atoms with Gasteiger partial charge in [0.2, 0.25) is 5.91 Å². The quantitative estimate of drug-likeness (QED) is 0.0708. The fourth-order valence-corrected chi connectivity index (χ4v) is 3.71. The van der Waals surface area contributed by atoms with Gasteiger partial charge in [0.1, 0.15) is 12.7 Å². The average molecular weight is 555 g/mol. The van der Waals surface area contributed by atoms with Gasteiger partial charge in [-0.2, -0.15) is 11.8 Å². The number of hydrogen-bond acceptors (Lipinski definition) is 11. The molecule has 0 heterocycles. The molecule has 1 amide bonds. The summed E-state index contributed by atoms with van der Waals surface area (Å²) in [5.41, 5.74) is 5.92. The molecule has 3 atom stereocenters. The van der Waals surface area contributed by atoms with Crippen molar-refractivity contribution in [3.8, 4) is 0 Å². The highest BCUT2D eigenvalue weighted by Crippen LogP contribution is 2.09. The van der Waals surface area contributed by atoms with E-state index in [4.69, 9.17) is 34.2 Å². The third-order valence-electron chi connectivity index (χ3n) is 4.18. The van der Waals surface area contributed by atoms with Crippen molar-refractivity contribution in [3.63, 3.8) is 0 Å². The Morgan fingerprint density at radius 2 is 1.56 bits per heavy atom. The van der Waals surface area contributed by atoms with Crippen LogP contribution in [0, 0.1) is 0 Å². The molecule has 0 aliphatic heterocycles. The molecule has 0 bridgehead atoms. The number of esters is 2. The van der Waals surface area contributed by atoms with Gasteiger partial charge in [-0.3, -0.25) is 14.4 Å². The maximum Gasteiger partial charge on any atom is 0.310 e. The number of ether oxygens (including phenoxy) is 6. The highest BCUT2D eigenvalue weighted by molar-refractivity contribution is 7.99. The second kappa shape index (κ2) is 25.4. The zero-order valence-electron chi connectivity index (χ0n) is 21.5. The predicted octanol–water partition coefficient (Wildman–Crippen LogP) is 0.589.